The summed E-state index contributed by atoms with van der Waals surface area (Å²) >= 11 is 1.43. The van der Waals surface area contributed by atoms with Crippen molar-refractivity contribution >= 4 is 35.0 Å². The summed E-state index contributed by atoms with van der Waals surface area (Å²) in [5.41, 5.74) is 10.1. The molecule has 3 aliphatic rings. The molecule has 4 atom stereocenters. The van der Waals surface area contributed by atoms with Gasteiger partial charge in [-0.2, -0.15) is 0 Å². The molecule has 3 aromatic carbocycles. The molecule has 2 saturated carbocycles. The molecule has 6 nitrogen and oxygen atoms in total. The van der Waals surface area contributed by atoms with Gasteiger partial charge in [0.2, 0.25) is 0 Å². The van der Waals surface area contributed by atoms with Crippen LogP contribution in [-0.2, 0) is 15.2 Å². The molecule has 2 N–H and O–H groups in total. The van der Waals surface area contributed by atoms with Crippen LogP contribution in [0.5, 0.6) is 0 Å². The van der Waals surface area contributed by atoms with Gasteiger partial charge in [-0.1, -0.05) is 67.4 Å². The molecule has 230 valence electrons. The van der Waals surface area contributed by atoms with Crippen molar-refractivity contribution in [3.63, 3.8) is 0 Å². The van der Waals surface area contributed by atoms with Gasteiger partial charge in [0.25, 0.3) is 0 Å². The van der Waals surface area contributed by atoms with Crippen molar-refractivity contribution in [1.29, 1.82) is 0 Å². The Balaban J connectivity index is 1.24. The second-order valence-electron chi connectivity index (χ2n) is 12.6. The van der Waals surface area contributed by atoms with Crippen LogP contribution < -0.4 is 5.73 Å². The molecule has 0 spiro atoms. The summed E-state index contributed by atoms with van der Waals surface area (Å²) in [4.78, 5) is 41.8. The fraction of sp³-hybridized carbons (Fsp3) is 0.432. The number of fused-ring (bicyclic) bond motifs is 3. The molecule has 6 rings (SSSR count). The first kappa shape index (κ1) is 30.6. The highest BCUT2D eigenvalue weighted by Gasteiger charge is 2.39. The first-order valence-corrected chi connectivity index (χ1v) is 17.0. The number of nitrogen functional groups attached to an aromatic ring is 1. The van der Waals surface area contributed by atoms with Crippen molar-refractivity contribution in [2.45, 2.75) is 88.1 Å². The van der Waals surface area contributed by atoms with Crippen molar-refractivity contribution in [1.82, 2.24) is 0 Å². The molecule has 0 bridgehead atoms. The molecule has 3 aromatic rings. The largest absolute Gasteiger partial charge is 0.459 e. The lowest BCUT2D eigenvalue weighted by molar-refractivity contribution is -0.0404. The highest BCUT2D eigenvalue weighted by atomic mass is 32.2. The standard InChI is InChI=1S/C37H41NO5S/c1-3-4-17-42-26-15-13-25-19-27(16-14-24(25)18-26)43-37(41)30-20-31(44-21-23-11-9-22(2)10-12-23)32-33(34(30)38)36(40)29-8-6-5-7-28(29)35(32)39/h5-12,20,24-27H,3-4,13-19,21,38H2,1-2H3/t24-,25?,26?,27-/m1/s1. The number of ether oxygens (including phenoxy) is 2. The molecule has 7 heteroatoms. The van der Waals surface area contributed by atoms with Gasteiger partial charge in [0.05, 0.1) is 22.9 Å². The number of rotatable bonds is 9. The summed E-state index contributed by atoms with van der Waals surface area (Å²) in [5.74, 6) is 0.584. The van der Waals surface area contributed by atoms with Gasteiger partial charge in [-0.05, 0) is 75.3 Å². The number of anilines is 1. The SMILES string of the molecule is CCCCOC1CCC2C[C@H](OC(=O)c3cc(SCc4ccc(C)cc4)c4c(c3N)C(=O)c3ccccc3C4=O)CC[C@@H]2C1. The Morgan fingerprint density at radius 1 is 0.886 bits per heavy atom. The van der Waals surface area contributed by atoms with Gasteiger partial charge in [0, 0.05) is 33.9 Å². The van der Waals surface area contributed by atoms with Gasteiger partial charge in [-0.25, -0.2) is 4.79 Å². The van der Waals surface area contributed by atoms with E-state index < -0.39 is 5.97 Å². The number of esters is 1. The number of hydrogen-bond donors (Lipinski definition) is 1. The molecule has 0 radical (unpaired) electrons. The summed E-state index contributed by atoms with van der Waals surface area (Å²) in [6.45, 7) is 5.06. The van der Waals surface area contributed by atoms with E-state index in [1.165, 1.54) is 11.8 Å². The van der Waals surface area contributed by atoms with Crippen LogP contribution in [0.4, 0.5) is 5.69 Å². The van der Waals surface area contributed by atoms with Crippen molar-refractivity contribution in [2.24, 2.45) is 11.8 Å². The third kappa shape index (κ3) is 6.22. The molecule has 0 amide bonds. The monoisotopic (exact) mass is 611 g/mol. The smallest absolute Gasteiger partial charge is 0.340 e. The maximum atomic E-state index is 13.8. The summed E-state index contributed by atoms with van der Waals surface area (Å²) in [6.07, 6.45) is 8.29. The Labute approximate surface area is 264 Å². The Morgan fingerprint density at radius 2 is 1.52 bits per heavy atom. The van der Waals surface area contributed by atoms with Gasteiger partial charge >= 0.3 is 5.97 Å². The number of thioether (sulfide) groups is 1. The van der Waals surface area contributed by atoms with Crippen LogP contribution in [0.2, 0.25) is 0 Å². The van der Waals surface area contributed by atoms with E-state index in [1.807, 2.05) is 31.2 Å². The maximum Gasteiger partial charge on any atom is 0.340 e. The van der Waals surface area contributed by atoms with Gasteiger partial charge in [0.1, 0.15) is 6.10 Å². The topological polar surface area (TPSA) is 95.7 Å². The molecular weight excluding hydrogens is 570 g/mol. The second-order valence-corrected chi connectivity index (χ2v) is 13.6. The van der Waals surface area contributed by atoms with E-state index >= 15 is 0 Å². The highest BCUT2D eigenvalue weighted by molar-refractivity contribution is 7.98. The third-order valence-electron chi connectivity index (χ3n) is 9.58. The van der Waals surface area contributed by atoms with Crippen molar-refractivity contribution in [2.75, 3.05) is 12.3 Å². The van der Waals surface area contributed by atoms with Crippen LogP contribution in [0.1, 0.15) is 112 Å². The predicted molar refractivity (Wildman–Crippen MR) is 173 cm³/mol. The van der Waals surface area contributed by atoms with Crippen LogP contribution in [0.25, 0.3) is 0 Å². The van der Waals surface area contributed by atoms with Crippen LogP contribution >= 0.6 is 11.8 Å². The van der Waals surface area contributed by atoms with E-state index in [4.69, 9.17) is 15.2 Å². The molecular formula is C37H41NO5S. The number of benzene rings is 3. The second kappa shape index (κ2) is 13.3. The zero-order chi connectivity index (χ0) is 30.8. The molecule has 3 aliphatic carbocycles. The number of ketones is 2. The van der Waals surface area contributed by atoms with Crippen LogP contribution in [0.3, 0.4) is 0 Å². The number of unbranched alkanes of at least 4 members (excludes halogenated alkanes) is 1. The van der Waals surface area contributed by atoms with E-state index in [0.717, 1.165) is 69.1 Å². The normalized spacial score (nSPS) is 22.6. The Hall–Kier alpha value is -3.42. The van der Waals surface area contributed by atoms with Crippen LogP contribution in [-0.4, -0.2) is 36.4 Å². The van der Waals surface area contributed by atoms with Gasteiger partial charge in [0.15, 0.2) is 11.6 Å². The Bertz CT molecular complexity index is 1560. The summed E-state index contributed by atoms with van der Waals surface area (Å²) in [6, 6.07) is 16.7. The van der Waals surface area contributed by atoms with Gasteiger partial charge in [-0.15, -0.1) is 11.8 Å². The van der Waals surface area contributed by atoms with Crippen molar-refractivity contribution < 1.29 is 23.9 Å². The highest BCUT2D eigenvalue weighted by Crippen LogP contribution is 2.44. The fourth-order valence-corrected chi connectivity index (χ4v) is 8.14. The third-order valence-corrected chi connectivity index (χ3v) is 10.7. The molecule has 0 aliphatic heterocycles. The zero-order valence-electron chi connectivity index (χ0n) is 25.6. The summed E-state index contributed by atoms with van der Waals surface area (Å²) < 4.78 is 12.2. The minimum Gasteiger partial charge on any atom is -0.459 e. The molecule has 0 heterocycles. The van der Waals surface area contributed by atoms with Gasteiger partial charge in [-0.3, -0.25) is 9.59 Å². The summed E-state index contributed by atoms with van der Waals surface area (Å²) in [5, 5.41) is 0. The Morgan fingerprint density at radius 3 is 2.20 bits per heavy atom. The van der Waals surface area contributed by atoms with E-state index in [1.54, 1.807) is 30.3 Å². The first-order chi connectivity index (χ1) is 21.3. The number of carbonyl (C=O) groups is 3. The number of hydrogen-bond acceptors (Lipinski definition) is 7. The average molecular weight is 612 g/mol. The quantitative estimate of drug-likeness (QED) is 0.0888. The minimum absolute atomic E-state index is 0.0240. The lowest BCUT2D eigenvalue weighted by atomic mass is 9.69. The summed E-state index contributed by atoms with van der Waals surface area (Å²) in [7, 11) is 0. The average Bonchev–Trinajstić information content (AvgIpc) is 3.03. The van der Waals surface area contributed by atoms with E-state index in [9.17, 15) is 14.4 Å². The molecule has 2 fully saturated rings. The lowest BCUT2D eigenvalue weighted by Crippen LogP contribution is -2.37. The molecule has 0 aromatic heterocycles. The lowest BCUT2D eigenvalue weighted by Gasteiger charge is -2.41. The van der Waals surface area contributed by atoms with Crippen molar-refractivity contribution in [3.05, 3.63) is 93.5 Å². The van der Waals surface area contributed by atoms with Crippen LogP contribution in [0.15, 0.2) is 59.5 Å². The molecule has 2 unspecified atom stereocenters. The number of aryl methyl sites for hydroxylation is 1. The zero-order valence-corrected chi connectivity index (χ0v) is 26.4. The molecule has 44 heavy (non-hydrogen) atoms. The minimum atomic E-state index is -0.526. The van der Waals surface area contributed by atoms with Crippen LogP contribution in [0, 0.1) is 18.8 Å². The first-order valence-electron chi connectivity index (χ1n) is 16.0. The Kier molecular flexibility index (Phi) is 9.24. The van der Waals surface area contributed by atoms with E-state index in [0.29, 0.717) is 39.7 Å². The van der Waals surface area contributed by atoms with Gasteiger partial charge < -0.3 is 15.2 Å². The number of carbonyl (C=O) groups excluding carboxylic acids is 3. The fourth-order valence-electron chi connectivity index (χ4n) is 7.08. The maximum absolute atomic E-state index is 13.8. The number of nitrogens with two attached hydrogens (primary N) is 1. The van der Waals surface area contributed by atoms with E-state index in [2.05, 4.69) is 6.92 Å². The van der Waals surface area contributed by atoms with E-state index in [-0.39, 0.29) is 40.0 Å². The molecule has 0 saturated heterocycles. The van der Waals surface area contributed by atoms with Crippen molar-refractivity contribution in [3.8, 4) is 0 Å². The predicted octanol–water partition coefficient (Wildman–Crippen LogP) is 7.96.